The Bertz CT molecular complexity index is 735. The molecule has 0 aliphatic rings. The van der Waals surface area contributed by atoms with Gasteiger partial charge in [-0.3, -0.25) is 4.79 Å². The first-order chi connectivity index (χ1) is 9.82. The largest absolute Gasteiger partial charge is 0.477 e. The van der Waals surface area contributed by atoms with Crippen molar-refractivity contribution in [2.45, 2.75) is 20.8 Å². The van der Waals surface area contributed by atoms with E-state index in [1.807, 2.05) is 0 Å². The zero-order valence-electron chi connectivity index (χ0n) is 11.9. The minimum Gasteiger partial charge on any atom is -0.477 e. The highest BCUT2D eigenvalue weighted by atomic mass is 19.1. The molecule has 5 nitrogen and oxygen atoms in total. The van der Waals surface area contributed by atoms with Crippen LogP contribution < -0.4 is 5.32 Å². The molecule has 3 N–H and O–H groups in total. The summed E-state index contributed by atoms with van der Waals surface area (Å²) in [5.41, 5.74) is 1.74. The van der Waals surface area contributed by atoms with Gasteiger partial charge in [-0.1, -0.05) is 6.07 Å². The van der Waals surface area contributed by atoms with Crippen molar-refractivity contribution in [3.8, 4) is 0 Å². The van der Waals surface area contributed by atoms with Gasteiger partial charge in [0.1, 0.15) is 11.5 Å². The summed E-state index contributed by atoms with van der Waals surface area (Å²) in [4.78, 5) is 26.0. The molecule has 6 heteroatoms. The number of H-pyrrole nitrogens is 1. The van der Waals surface area contributed by atoms with E-state index in [0.29, 0.717) is 22.5 Å². The third kappa shape index (κ3) is 2.65. The van der Waals surface area contributed by atoms with Crippen LogP contribution in [0, 0.1) is 26.6 Å². The monoisotopic (exact) mass is 290 g/mol. The molecule has 0 saturated heterocycles. The van der Waals surface area contributed by atoms with Crippen LogP contribution in [0.5, 0.6) is 0 Å². The zero-order valence-corrected chi connectivity index (χ0v) is 11.9. The lowest BCUT2D eigenvalue weighted by Gasteiger charge is -2.09. The maximum absolute atomic E-state index is 13.5. The molecule has 0 unspecified atom stereocenters. The Morgan fingerprint density at radius 2 is 1.86 bits per heavy atom. The van der Waals surface area contributed by atoms with Gasteiger partial charge in [0, 0.05) is 16.9 Å². The highest BCUT2D eigenvalue weighted by Crippen LogP contribution is 2.22. The van der Waals surface area contributed by atoms with E-state index in [1.54, 1.807) is 26.8 Å². The summed E-state index contributed by atoms with van der Waals surface area (Å²) in [5.74, 6) is -2.01. The van der Waals surface area contributed by atoms with E-state index >= 15 is 0 Å². The quantitative estimate of drug-likeness (QED) is 0.812. The van der Waals surface area contributed by atoms with Crippen molar-refractivity contribution in [1.82, 2.24) is 4.98 Å². The Balaban J connectivity index is 2.38. The predicted molar refractivity (Wildman–Crippen MR) is 76.3 cm³/mol. The maximum atomic E-state index is 13.5. The van der Waals surface area contributed by atoms with Crippen LogP contribution in [0.15, 0.2) is 18.2 Å². The van der Waals surface area contributed by atoms with Gasteiger partial charge in [-0.05, 0) is 38.5 Å². The normalized spacial score (nSPS) is 10.5. The van der Waals surface area contributed by atoms with Gasteiger partial charge in [0.05, 0.1) is 5.56 Å². The highest BCUT2D eigenvalue weighted by Gasteiger charge is 2.22. The number of carboxylic acids is 1. The maximum Gasteiger partial charge on any atom is 0.352 e. The van der Waals surface area contributed by atoms with E-state index in [0.717, 1.165) is 0 Å². The molecule has 0 bridgehead atoms. The average Bonchev–Trinajstić information content (AvgIpc) is 2.70. The summed E-state index contributed by atoms with van der Waals surface area (Å²) in [7, 11) is 0. The van der Waals surface area contributed by atoms with E-state index in [2.05, 4.69) is 10.3 Å². The summed E-state index contributed by atoms with van der Waals surface area (Å²) in [6, 6.07) is 4.39. The molecule has 1 heterocycles. The van der Waals surface area contributed by atoms with Crippen LogP contribution >= 0.6 is 0 Å². The molecule has 0 fully saturated rings. The second-order valence-corrected chi connectivity index (χ2v) is 4.80. The fourth-order valence-corrected chi connectivity index (χ4v) is 2.23. The average molecular weight is 290 g/mol. The molecular formula is C15H15FN2O3. The number of amides is 1. The van der Waals surface area contributed by atoms with Crippen molar-refractivity contribution < 1.29 is 19.1 Å². The van der Waals surface area contributed by atoms with Crippen molar-refractivity contribution in [2.75, 3.05) is 5.32 Å². The number of benzene rings is 1. The van der Waals surface area contributed by atoms with Crippen molar-refractivity contribution >= 4 is 17.6 Å². The van der Waals surface area contributed by atoms with E-state index < -0.39 is 17.7 Å². The van der Waals surface area contributed by atoms with E-state index in [1.165, 1.54) is 12.1 Å². The first-order valence-electron chi connectivity index (χ1n) is 6.31. The molecule has 0 aliphatic heterocycles. The SMILES string of the molecule is Cc1[nH]c(C(=O)O)c(C)c1C(=O)Nc1cccc(F)c1C. The number of carbonyl (C=O) groups is 2. The third-order valence-electron chi connectivity index (χ3n) is 3.39. The molecule has 110 valence electrons. The van der Waals surface area contributed by atoms with Crippen LogP contribution in [0.4, 0.5) is 10.1 Å². The Hall–Kier alpha value is -2.63. The first kappa shape index (κ1) is 14.8. The topological polar surface area (TPSA) is 82.2 Å². The molecular weight excluding hydrogens is 275 g/mol. The van der Waals surface area contributed by atoms with Crippen LogP contribution in [-0.2, 0) is 0 Å². The number of aromatic amines is 1. The lowest BCUT2D eigenvalue weighted by molar-refractivity contribution is 0.0690. The van der Waals surface area contributed by atoms with Gasteiger partial charge in [0.25, 0.3) is 5.91 Å². The standard InChI is InChI=1S/C15H15FN2O3/c1-7-10(16)5-4-6-11(7)18-14(19)12-8(2)13(15(20)21)17-9(12)3/h4-6,17H,1-3H3,(H,18,19)(H,20,21). The van der Waals surface area contributed by atoms with Gasteiger partial charge in [-0.25, -0.2) is 9.18 Å². The van der Waals surface area contributed by atoms with Crippen LogP contribution in [0.1, 0.15) is 37.7 Å². The number of hydrogen-bond acceptors (Lipinski definition) is 2. The van der Waals surface area contributed by atoms with Gasteiger partial charge in [-0.2, -0.15) is 0 Å². The van der Waals surface area contributed by atoms with Crippen LogP contribution in [0.25, 0.3) is 0 Å². The van der Waals surface area contributed by atoms with E-state index in [-0.39, 0.29) is 11.3 Å². The molecule has 0 saturated carbocycles. The summed E-state index contributed by atoms with van der Waals surface area (Å²) < 4.78 is 13.5. The number of aryl methyl sites for hydroxylation is 1. The Kier molecular flexibility index (Phi) is 3.80. The molecule has 0 atom stereocenters. The molecule has 1 aromatic carbocycles. The van der Waals surface area contributed by atoms with Gasteiger partial charge >= 0.3 is 5.97 Å². The lowest BCUT2D eigenvalue weighted by atomic mass is 10.1. The van der Waals surface area contributed by atoms with Gasteiger partial charge in [0.2, 0.25) is 0 Å². The smallest absolute Gasteiger partial charge is 0.352 e. The minimum atomic E-state index is -1.13. The summed E-state index contributed by atoms with van der Waals surface area (Å²) in [6.07, 6.45) is 0. The molecule has 2 aromatic rings. The molecule has 0 radical (unpaired) electrons. The molecule has 21 heavy (non-hydrogen) atoms. The molecule has 1 amide bonds. The number of halogens is 1. The lowest BCUT2D eigenvalue weighted by Crippen LogP contribution is -2.15. The second kappa shape index (κ2) is 5.40. The van der Waals surface area contributed by atoms with Crippen molar-refractivity contribution in [3.05, 3.63) is 52.1 Å². The predicted octanol–water partition coefficient (Wildman–Crippen LogP) is 3.03. The Labute approximate surface area is 120 Å². The van der Waals surface area contributed by atoms with Gasteiger partial charge in [-0.15, -0.1) is 0 Å². The molecule has 2 rings (SSSR count). The van der Waals surface area contributed by atoms with E-state index in [9.17, 15) is 14.0 Å². The summed E-state index contributed by atoms with van der Waals surface area (Å²) >= 11 is 0. The number of nitrogens with one attached hydrogen (secondary N) is 2. The Morgan fingerprint density at radius 1 is 1.19 bits per heavy atom. The number of carboxylic acid groups (broad SMARTS) is 1. The van der Waals surface area contributed by atoms with E-state index in [4.69, 9.17) is 5.11 Å². The zero-order chi connectivity index (χ0) is 15.7. The molecule has 0 aliphatic carbocycles. The number of aromatic carboxylic acids is 1. The fraction of sp³-hybridized carbons (Fsp3) is 0.200. The van der Waals surface area contributed by atoms with Crippen molar-refractivity contribution in [2.24, 2.45) is 0 Å². The van der Waals surface area contributed by atoms with Gasteiger partial charge in [0.15, 0.2) is 0 Å². The van der Waals surface area contributed by atoms with Crippen LogP contribution in [-0.4, -0.2) is 22.0 Å². The number of hydrogen-bond donors (Lipinski definition) is 3. The third-order valence-corrected chi connectivity index (χ3v) is 3.39. The van der Waals surface area contributed by atoms with Gasteiger partial charge < -0.3 is 15.4 Å². The fourth-order valence-electron chi connectivity index (χ4n) is 2.23. The second-order valence-electron chi connectivity index (χ2n) is 4.80. The number of rotatable bonds is 3. The van der Waals surface area contributed by atoms with Crippen molar-refractivity contribution in [1.29, 1.82) is 0 Å². The summed E-state index contributed by atoms with van der Waals surface area (Å²) in [6.45, 7) is 4.73. The molecule has 0 spiro atoms. The van der Waals surface area contributed by atoms with Crippen LogP contribution in [0.3, 0.4) is 0 Å². The number of carbonyl (C=O) groups excluding carboxylic acids is 1. The van der Waals surface area contributed by atoms with Crippen LogP contribution in [0.2, 0.25) is 0 Å². The molecule has 1 aromatic heterocycles. The number of anilines is 1. The first-order valence-corrected chi connectivity index (χ1v) is 6.31. The highest BCUT2D eigenvalue weighted by molar-refractivity contribution is 6.08. The Morgan fingerprint density at radius 3 is 2.43 bits per heavy atom. The van der Waals surface area contributed by atoms with Crippen molar-refractivity contribution in [3.63, 3.8) is 0 Å². The number of aromatic nitrogens is 1. The summed E-state index contributed by atoms with van der Waals surface area (Å²) in [5, 5.41) is 11.7. The minimum absolute atomic E-state index is 0.0198.